The minimum Gasteiger partial charge on any atom is -0.378 e. The van der Waals surface area contributed by atoms with Gasteiger partial charge in [0.05, 0.1) is 25.9 Å². The molecule has 0 aliphatic carbocycles. The van der Waals surface area contributed by atoms with E-state index in [4.69, 9.17) is 9.47 Å². The number of carbonyl (C=O) groups excluding carboxylic acids is 1. The first-order valence-corrected chi connectivity index (χ1v) is 9.23. The molecule has 2 heterocycles. The van der Waals surface area contributed by atoms with Crippen LogP contribution in [0.2, 0.25) is 0 Å². The van der Waals surface area contributed by atoms with Crippen molar-refractivity contribution in [2.24, 2.45) is 0 Å². The first-order chi connectivity index (χ1) is 12.2. The largest absolute Gasteiger partial charge is 0.378 e. The van der Waals surface area contributed by atoms with Crippen LogP contribution in [0.25, 0.3) is 0 Å². The molecule has 1 atom stereocenters. The SMILES string of the molecule is CN(CC(=O)Nc1ccc(N2CCOCC2)cc1)C[C@H]1CCCCO1. The molecule has 1 amide bonds. The van der Waals surface area contributed by atoms with Crippen molar-refractivity contribution >= 4 is 17.3 Å². The molecule has 3 rings (SSSR count). The number of hydrogen-bond acceptors (Lipinski definition) is 5. The maximum atomic E-state index is 12.2. The summed E-state index contributed by atoms with van der Waals surface area (Å²) in [6.45, 7) is 5.42. The van der Waals surface area contributed by atoms with Crippen molar-refractivity contribution in [3.8, 4) is 0 Å². The fourth-order valence-corrected chi connectivity index (χ4v) is 3.39. The Kier molecular flexibility index (Phi) is 6.67. The molecular weight excluding hydrogens is 318 g/mol. The molecular formula is C19H29N3O3. The van der Waals surface area contributed by atoms with E-state index in [0.717, 1.165) is 58.0 Å². The molecule has 6 heteroatoms. The lowest BCUT2D eigenvalue weighted by molar-refractivity contribution is -0.117. The van der Waals surface area contributed by atoms with Gasteiger partial charge < -0.3 is 19.7 Å². The van der Waals surface area contributed by atoms with Gasteiger partial charge in [-0.15, -0.1) is 0 Å². The Balaban J connectivity index is 1.43. The molecule has 0 radical (unpaired) electrons. The van der Waals surface area contributed by atoms with Gasteiger partial charge in [0.2, 0.25) is 5.91 Å². The monoisotopic (exact) mass is 347 g/mol. The average Bonchev–Trinajstić information content (AvgIpc) is 2.63. The molecule has 0 unspecified atom stereocenters. The topological polar surface area (TPSA) is 54.0 Å². The van der Waals surface area contributed by atoms with E-state index in [1.54, 1.807) is 0 Å². The standard InChI is InChI=1S/C19H29N3O3/c1-21(14-18-4-2-3-11-25-18)15-19(23)20-16-5-7-17(8-6-16)22-9-12-24-13-10-22/h5-8,18H,2-4,9-15H2,1H3,(H,20,23)/t18-/m1/s1. The maximum absolute atomic E-state index is 12.2. The number of ether oxygens (including phenoxy) is 2. The van der Waals surface area contributed by atoms with Crippen LogP contribution in [0.5, 0.6) is 0 Å². The van der Waals surface area contributed by atoms with E-state index >= 15 is 0 Å². The van der Waals surface area contributed by atoms with E-state index in [0.29, 0.717) is 6.54 Å². The number of carbonyl (C=O) groups is 1. The Morgan fingerprint density at radius 3 is 2.64 bits per heavy atom. The third kappa shape index (κ3) is 5.70. The second kappa shape index (κ2) is 9.17. The number of nitrogens with one attached hydrogen (secondary N) is 1. The first kappa shape index (κ1) is 18.2. The highest BCUT2D eigenvalue weighted by Gasteiger charge is 2.17. The number of anilines is 2. The fourth-order valence-electron chi connectivity index (χ4n) is 3.39. The van der Waals surface area contributed by atoms with Crippen molar-refractivity contribution in [2.75, 3.05) is 63.3 Å². The molecule has 1 aromatic carbocycles. The molecule has 2 aliphatic heterocycles. The Morgan fingerprint density at radius 1 is 1.20 bits per heavy atom. The highest BCUT2D eigenvalue weighted by atomic mass is 16.5. The molecule has 2 saturated heterocycles. The van der Waals surface area contributed by atoms with Gasteiger partial charge in [0.1, 0.15) is 0 Å². The second-order valence-corrected chi connectivity index (χ2v) is 6.88. The zero-order chi connectivity index (χ0) is 17.5. The van der Waals surface area contributed by atoms with Crippen LogP contribution in [0.15, 0.2) is 24.3 Å². The lowest BCUT2D eigenvalue weighted by Crippen LogP contribution is -2.38. The number of morpholine rings is 1. The number of benzene rings is 1. The quantitative estimate of drug-likeness (QED) is 0.853. The summed E-state index contributed by atoms with van der Waals surface area (Å²) in [7, 11) is 1.97. The van der Waals surface area contributed by atoms with Crippen LogP contribution in [-0.2, 0) is 14.3 Å². The van der Waals surface area contributed by atoms with E-state index < -0.39 is 0 Å². The lowest BCUT2D eigenvalue weighted by Gasteiger charge is -2.29. The molecule has 0 saturated carbocycles. The van der Waals surface area contributed by atoms with Crippen LogP contribution in [0.4, 0.5) is 11.4 Å². The Labute approximate surface area is 150 Å². The van der Waals surface area contributed by atoms with Crippen molar-refractivity contribution in [3.05, 3.63) is 24.3 Å². The van der Waals surface area contributed by atoms with Gasteiger partial charge in [0.25, 0.3) is 0 Å². The highest BCUT2D eigenvalue weighted by Crippen LogP contribution is 2.19. The van der Waals surface area contributed by atoms with Gasteiger partial charge in [-0.05, 0) is 50.6 Å². The van der Waals surface area contributed by atoms with Gasteiger partial charge in [-0.3, -0.25) is 9.69 Å². The first-order valence-electron chi connectivity index (χ1n) is 9.23. The average molecular weight is 347 g/mol. The summed E-state index contributed by atoms with van der Waals surface area (Å²) in [5, 5.41) is 2.98. The summed E-state index contributed by atoms with van der Waals surface area (Å²) in [6.07, 6.45) is 3.73. The Hall–Kier alpha value is -1.63. The van der Waals surface area contributed by atoms with Gasteiger partial charge >= 0.3 is 0 Å². The lowest BCUT2D eigenvalue weighted by atomic mass is 10.1. The van der Waals surface area contributed by atoms with Crippen LogP contribution in [0.1, 0.15) is 19.3 Å². The van der Waals surface area contributed by atoms with Crippen molar-refractivity contribution < 1.29 is 14.3 Å². The maximum Gasteiger partial charge on any atom is 0.238 e. The summed E-state index contributed by atoms with van der Waals surface area (Å²) in [6, 6.07) is 8.04. The molecule has 6 nitrogen and oxygen atoms in total. The van der Waals surface area contributed by atoms with Gasteiger partial charge in [-0.2, -0.15) is 0 Å². The van der Waals surface area contributed by atoms with Crippen molar-refractivity contribution in [1.29, 1.82) is 0 Å². The minimum atomic E-state index is 0.0115. The van der Waals surface area contributed by atoms with Crippen LogP contribution < -0.4 is 10.2 Å². The third-order valence-electron chi connectivity index (χ3n) is 4.73. The summed E-state index contributed by atoms with van der Waals surface area (Å²) < 4.78 is 11.1. The van der Waals surface area contributed by atoms with Gasteiger partial charge in [0, 0.05) is 37.6 Å². The number of rotatable bonds is 6. The van der Waals surface area contributed by atoms with Crippen LogP contribution in [0, 0.1) is 0 Å². The second-order valence-electron chi connectivity index (χ2n) is 6.88. The number of hydrogen-bond donors (Lipinski definition) is 1. The van der Waals surface area contributed by atoms with E-state index in [1.807, 2.05) is 24.1 Å². The molecule has 0 bridgehead atoms. The molecule has 2 fully saturated rings. The van der Waals surface area contributed by atoms with Crippen LogP contribution in [-0.4, -0.2) is 70.0 Å². The molecule has 25 heavy (non-hydrogen) atoms. The normalized spacial score (nSPS) is 21.4. The number of likely N-dealkylation sites (N-methyl/N-ethyl adjacent to an activating group) is 1. The molecule has 1 aromatic rings. The summed E-state index contributed by atoms with van der Waals surface area (Å²) in [4.78, 5) is 16.6. The number of nitrogens with zero attached hydrogens (tertiary/aromatic N) is 2. The van der Waals surface area contributed by atoms with Gasteiger partial charge in [-0.25, -0.2) is 0 Å². The van der Waals surface area contributed by atoms with Crippen molar-refractivity contribution in [1.82, 2.24) is 4.90 Å². The predicted octanol–water partition coefficient (Wildman–Crippen LogP) is 1.96. The van der Waals surface area contributed by atoms with E-state index in [9.17, 15) is 4.79 Å². The molecule has 138 valence electrons. The van der Waals surface area contributed by atoms with Gasteiger partial charge in [0.15, 0.2) is 0 Å². The summed E-state index contributed by atoms with van der Waals surface area (Å²) in [5.74, 6) is 0.0115. The molecule has 0 spiro atoms. The molecule has 1 N–H and O–H groups in total. The van der Waals surface area contributed by atoms with Gasteiger partial charge in [-0.1, -0.05) is 0 Å². The van der Waals surface area contributed by atoms with E-state index in [-0.39, 0.29) is 12.0 Å². The summed E-state index contributed by atoms with van der Waals surface area (Å²) in [5.41, 5.74) is 2.01. The van der Waals surface area contributed by atoms with E-state index in [1.165, 1.54) is 12.1 Å². The highest BCUT2D eigenvalue weighted by molar-refractivity contribution is 5.92. The Morgan fingerprint density at radius 2 is 1.96 bits per heavy atom. The van der Waals surface area contributed by atoms with Crippen LogP contribution in [0.3, 0.4) is 0 Å². The van der Waals surface area contributed by atoms with Crippen LogP contribution >= 0.6 is 0 Å². The van der Waals surface area contributed by atoms with Crippen molar-refractivity contribution in [2.45, 2.75) is 25.4 Å². The minimum absolute atomic E-state index is 0.0115. The smallest absolute Gasteiger partial charge is 0.238 e. The number of amides is 1. The predicted molar refractivity (Wildman–Crippen MR) is 99.2 cm³/mol. The zero-order valence-corrected chi connectivity index (χ0v) is 15.1. The summed E-state index contributed by atoms with van der Waals surface area (Å²) >= 11 is 0. The molecule has 0 aromatic heterocycles. The van der Waals surface area contributed by atoms with Crippen molar-refractivity contribution in [3.63, 3.8) is 0 Å². The zero-order valence-electron chi connectivity index (χ0n) is 15.1. The Bertz CT molecular complexity index is 537. The third-order valence-corrected chi connectivity index (χ3v) is 4.73. The fraction of sp³-hybridized carbons (Fsp3) is 0.632. The van der Waals surface area contributed by atoms with E-state index in [2.05, 4.69) is 22.3 Å². The molecule has 2 aliphatic rings.